The fraction of sp³-hybridized carbons (Fsp3) is 0.571. The van der Waals surface area contributed by atoms with Gasteiger partial charge in [-0.05, 0) is 38.2 Å². The van der Waals surface area contributed by atoms with E-state index in [2.05, 4.69) is 39.6 Å². The van der Waals surface area contributed by atoms with Gasteiger partial charge in [-0.15, -0.1) is 0 Å². The van der Waals surface area contributed by atoms with Crippen LogP contribution in [0.3, 0.4) is 0 Å². The Kier molecular flexibility index (Phi) is 7.28. The first-order valence-electron chi connectivity index (χ1n) is 10.3. The third-order valence-electron chi connectivity index (χ3n) is 5.14. The number of aryl methyl sites for hydroxylation is 2. The second kappa shape index (κ2) is 10.1. The molecule has 1 aliphatic rings. The van der Waals surface area contributed by atoms with Crippen LogP contribution in [-0.2, 0) is 25.9 Å². The molecule has 2 heterocycles. The van der Waals surface area contributed by atoms with Crippen molar-refractivity contribution < 1.29 is 9.26 Å². The molecule has 28 heavy (non-hydrogen) atoms. The van der Waals surface area contributed by atoms with E-state index in [1.807, 2.05) is 12.1 Å². The SMILES string of the molecule is CCc1noc(CC)c1CNC(=NC)NCc1cccnc1OC1CCCC1. The van der Waals surface area contributed by atoms with Crippen molar-refractivity contribution >= 4 is 5.96 Å². The van der Waals surface area contributed by atoms with Gasteiger partial charge in [0.15, 0.2) is 5.96 Å². The topological polar surface area (TPSA) is 84.6 Å². The number of rotatable bonds is 8. The summed E-state index contributed by atoms with van der Waals surface area (Å²) in [5.74, 6) is 2.37. The van der Waals surface area contributed by atoms with Crippen molar-refractivity contribution in [1.82, 2.24) is 20.8 Å². The van der Waals surface area contributed by atoms with Gasteiger partial charge in [0.2, 0.25) is 5.88 Å². The van der Waals surface area contributed by atoms with Crippen LogP contribution in [-0.4, -0.2) is 29.3 Å². The predicted molar refractivity (Wildman–Crippen MR) is 109 cm³/mol. The van der Waals surface area contributed by atoms with Crippen LogP contribution in [0.15, 0.2) is 27.8 Å². The van der Waals surface area contributed by atoms with E-state index in [1.54, 1.807) is 13.2 Å². The summed E-state index contributed by atoms with van der Waals surface area (Å²) in [6.45, 7) is 5.39. The number of aromatic nitrogens is 2. The lowest BCUT2D eigenvalue weighted by Gasteiger charge is -2.17. The minimum atomic E-state index is 0.291. The third-order valence-corrected chi connectivity index (χ3v) is 5.14. The van der Waals surface area contributed by atoms with E-state index in [4.69, 9.17) is 9.26 Å². The summed E-state index contributed by atoms with van der Waals surface area (Å²) in [6.07, 6.45) is 8.46. The average Bonchev–Trinajstić information content (AvgIpc) is 3.38. The molecule has 152 valence electrons. The highest BCUT2D eigenvalue weighted by atomic mass is 16.5. The molecule has 2 aromatic heterocycles. The Balaban J connectivity index is 1.58. The highest BCUT2D eigenvalue weighted by molar-refractivity contribution is 5.79. The minimum Gasteiger partial charge on any atom is -0.474 e. The van der Waals surface area contributed by atoms with Crippen molar-refractivity contribution in [1.29, 1.82) is 0 Å². The van der Waals surface area contributed by atoms with Gasteiger partial charge in [-0.3, -0.25) is 4.99 Å². The zero-order valence-corrected chi connectivity index (χ0v) is 17.1. The lowest BCUT2D eigenvalue weighted by atomic mass is 10.1. The zero-order valence-electron chi connectivity index (χ0n) is 17.1. The maximum absolute atomic E-state index is 6.12. The molecule has 0 bridgehead atoms. The third kappa shape index (κ3) is 5.03. The molecule has 1 aliphatic carbocycles. The molecule has 7 nitrogen and oxygen atoms in total. The Bertz CT molecular complexity index is 759. The van der Waals surface area contributed by atoms with Crippen LogP contribution < -0.4 is 15.4 Å². The van der Waals surface area contributed by atoms with Crippen LogP contribution in [0.5, 0.6) is 5.88 Å². The molecule has 2 N–H and O–H groups in total. The number of hydrogen-bond donors (Lipinski definition) is 2. The molecule has 1 fully saturated rings. The highest BCUT2D eigenvalue weighted by Gasteiger charge is 2.19. The highest BCUT2D eigenvalue weighted by Crippen LogP contribution is 2.25. The van der Waals surface area contributed by atoms with Gasteiger partial charge in [0.1, 0.15) is 11.9 Å². The van der Waals surface area contributed by atoms with E-state index in [0.717, 1.165) is 60.1 Å². The normalized spacial score (nSPS) is 15.0. The quantitative estimate of drug-likeness (QED) is 0.535. The second-order valence-electron chi connectivity index (χ2n) is 7.01. The number of aliphatic imine (C=N–C) groups is 1. The first-order valence-corrected chi connectivity index (χ1v) is 10.3. The number of nitrogens with zero attached hydrogens (tertiary/aromatic N) is 3. The Morgan fingerprint density at radius 1 is 1.21 bits per heavy atom. The molecule has 0 saturated heterocycles. The number of nitrogens with one attached hydrogen (secondary N) is 2. The molecule has 0 aromatic carbocycles. The van der Waals surface area contributed by atoms with Crippen molar-refractivity contribution in [2.75, 3.05) is 7.05 Å². The first kappa shape index (κ1) is 20.2. The minimum absolute atomic E-state index is 0.291. The van der Waals surface area contributed by atoms with Crippen molar-refractivity contribution in [3.05, 3.63) is 40.9 Å². The number of hydrogen-bond acceptors (Lipinski definition) is 5. The van der Waals surface area contributed by atoms with E-state index >= 15 is 0 Å². The van der Waals surface area contributed by atoms with Crippen LogP contribution in [0.25, 0.3) is 0 Å². The summed E-state index contributed by atoms with van der Waals surface area (Å²) >= 11 is 0. The summed E-state index contributed by atoms with van der Waals surface area (Å²) in [4.78, 5) is 8.76. The molecule has 2 aromatic rings. The van der Waals surface area contributed by atoms with Crippen LogP contribution in [0.2, 0.25) is 0 Å². The first-order chi connectivity index (χ1) is 13.7. The van der Waals surface area contributed by atoms with Crippen LogP contribution in [0.1, 0.15) is 62.1 Å². The molecule has 0 aliphatic heterocycles. The van der Waals surface area contributed by atoms with Crippen LogP contribution in [0, 0.1) is 0 Å². The summed E-state index contributed by atoms with van der Waals surface area (Å²) in [6, 6.07) is 3.98. The molecule has 0 spiro atoms. The Morgan fingerprint density at radius 2 is 2.00 bits per heavy atom. The summed E-state index contributed by atoms with van der Waals surface area (Å²) in [7, 11) is 1.77. The standard InChI is InChI=1S/C21H31N5O2/c1-4-18-17(19(5-2)28-26-18)14-25-21(22-3)24-13-15-9-8-12-23-20(15)27-16-10-6-7-11-16/h8-9,12,16H,4-7,10-11,13-14H2,1-3H3,(H2,22,24,25). The van der Waals surface area contributed by atoms with Gasteiger partial charge in [0.05, 0.1) is 5.69 Å². The van der Waals surface area contributed by atoms with Crippen LogP contribution in [0.4, 0.5) is 0 Å². The predicted octanol–water partition coefficient (Wildman–Crippen LogP) is 3.38. The Labute approximate surface area is 167 Å². The van der Waals surface area contributed by atoms with Gasteiger partial charge in [-0.1, -0.05) is 25.1 Å². The van der Waals surface area contributed by atoms with Gasteiger partial charge in [-0.2, -0.15) is 0 Å². The Morgan fingerprint density at radius 3 is 2.71 bits per heavy atom. The van der Waals surface area contributed by atoms with Crippen molar-refractivity contribution in [2.45, 2.75) is 71.6 Å². The van der Waals surface area contributed by atoms with Gasteiger partial charge >= 0.3 is 0 Å². The number of pyridine rings is 1. The molecule has 0 radical (unpaired) electrons. The lowest BCUT2D eigenvalue weighted by molar-refractivity contribution is 0.199. The van der Waals surface area contributed by atoms with E-state index in [0.29, 0.717) is 19.2 Å². The van der Waals surface area contributed by atoms with Crippen molar-refractivity contribution in [2.24, 2.45) is 4.99 Å². The van der Waals surface area contributed by atoms with E-state index < -0.39 is 0 Å². The molecule has 0 unspecified atom stereocenters. The average molecular weight is 386 g/mol. The second-order valence-corrected chi connectivity index (χ2v) is 7.01. The lowest BCUT2D eigenvalue weighted by Crippen LogP contribution is -2.36. The van der Waals surface area contributed by atoms with Crippen molar-refractivity contribution in [3.63, 3.8) is 0 Å². The van der Waals surface area contributed by atoms with Crippen molar-refractivity contribution in [3.8, 4) is 5.88 Å². The number of guanidine groups is 1. The Hall–Kier alpha value is -2.57. The number of ether oxygens (including phenoxy) is 1. The molecule has 7 heteroatoms. The summed E-state index contributed by atoms with van der Waals surface area (Å²) in [5, 5.41) is 10.9. The molecular weight excluding hydrogens is 354 g/mol. The van der Waals surface area contributed by atoms with E-state index in [1.165, 1.54) is 12.8 Å². The molecule has 0 atom stereocenters. The van der Waals surface area contributed by atoms with Gasteiger partial charge in [-0.25, -0.2) is 4.98 Å². The fourth-order valence-electron chi connectivity index (χ4n) is 3.54. The molecule has 3 rings (SSSR count). The maximum atomic E-state index is 6.12. The van der Waals surface area contributed by atoms with Gasteiger partial charge < -0.3 is 19.9 Å². The monoisotopic (exact) mass is 385 g/mol. The summed E-state index contributed by atoms with van der Waals surface area (Å²) in [5.41, 5.74) is 3.16. The molecular formula is C21H31N5O2. The van der Waals surface area contributed by atoms with Crippen LogP contribution >= 0.6 is 0 Å². The fourth-order valence-corrected chi connectivity index (χ4v) is 3.54. The van der Waals surface area contributed by atoms with E-state index in [-0.39, 0.29) is 0 Å². The smallest absolute Gasteiger partial charge is 0.218 e. The molecule has 1 saturated carbocycles. The van der Waals surface area contributed by atoms with Gasteiger partial charge in [0, 0.05) is 43.9 Å². The summed E-state index contributed by atoms with van der Waals surface area (Å²) < 4.78 is 11.6. The zero-order chi connectivity index (χ0) is 19.8. The van der Waals surface area contributed by atoms with Gasteiger partial charge in [0.25, 0.3) is 0 Å². The largest absolute Gasteiger partial charge is 0.474 e. The molecule has 0 amide bonds. The van der Waals surface area contributed by atoms with E-state index in [9.17, 15) is 0 Å². The maximum Gasteiger partial charge on any atom is 0.218 e.